The minimum atomic E-state index is -0.260. The van der Waals surface area contributed by atoms with E-state index in [4.69, 9.17) is 4.74 Å². The molecule has 1 rings (SSSR count). The molecule has 0 amide bonds. The standard InChI is InChI=1S/C10H11NO3S/c1-2-14-10(13)7-15-9-4-3-8(6-12)5-11-9/h3-6H,2,7H2,1H3. The van der Waals surface area contributed by atoms with Crippen molar-refractivity contribution in [3.05, 3.63) is 23.9 Å². The molecule has 0 aliphatic rings. The molecule has 15 heavy (non-hydrogen) atoms. The van der Waals surface area contributed by atoms with Crippen molar-refractivity contribution in [3.63, 3.8) is 0 Å². The highest BCUT2D eigenvalue weighted by Crippen LogP contribution is 2.14. The molecule has 5 heteroatoms. The molecule has 0 aliphatic carbocycles. The Morgan fingerprint density at radius 2 is 2.40 bits per heavy atom. The molecule has 0 bridgehead atoms. The SMILES string of the molecule is CCOC(=O)CSc1ccc(C=O)cn1. The molecule has 1 heterocycles. The maximum absolute atomic E-state index is 11.0. The summed E-state index contributed by atoms with van der Waals surface area (Å²) < 4.78 is 4.76. The third-order valence-corrected chi connectivity index (χ3v) is 2.46. The van der Waals surface area contributed by atoms with E-state index in [0.29, 0.717) is 17.2 Å². The minimum absolute atomic E-state index is 0.237. The van der Waals surface area contributed by atoms with E-state index >= 15 is 0 Å². The van der Waals surface area contributed by atoms with Crippen LogP contribution in [0.25, 0.3) is 0 Å². The largest absolute Gasteiger partial charge is 0.465 e. The Morgan fingerprint density at radius 1 is 1.60 bits per heavy atom. The lowest BCUT2D eigenvalue weighted by Gasteiger charge is -2.01. The summed E-state index contributed by atoms with van der Waals surface area (Å²) >= 11 is 1.29. The molecule has 1 aromatic rings. The van der Waals surface area contributed by atoms with Crippen LogP contribution in [0.2, 0.25) is 0 Å². The maximum atomic E-state index is 11.0. The van der Waals surface area contributed by atoms with Crippen LogP contribution in [0, 0.1) is 0 Å². The summed E-state index contributed by atoms with van der Waals surface area (Å²) in [4.78, 5) is 25.4. The van der Waals surface area contributed by atoms with Gasteiger partial charge in [0, 0.05) is 11.8 Å². The van der Waals surface area contributed by atoms with Crippen molar-refractivity contribution in [2.45, 2.75) is 11.9 Å². The number of rotatable bonds is 5. The topological polar surface area (TPSA) is 56.3 Å². The molecule has 4 nitrogen and oxygen atoms in total. The van der Waals surface area contributed by atoms with Crippen molar-refractivity contribution < 1.29 is 14.3 Å². The zero-order chi connectivity index (χ0) is 11.1. The van der Waals surface area contributed by atoms with E-state index in [1.54, 1.807) is 19.1 Å². The van der Waals surface area contributed by atoms with E-state index in [-0.39, 0.29) is 11.7 Å². The first kappa shape index (κ1) is 11.7. The molecule has 0 spiro atoms. The first-order chi connectivity index (χ1) is 7.26. The lowest BCUT2D eigenvalue weighted by atomic mass is 10.3. The molecule has 0 saturated carbocycles. The van der Waals surface area contributed by atoms with E-state index in [9.17, 15) is 9.59 Å². The minimum Gasteiger partial charge on any atom is -0.465 e. The van der Waals surface area contributed by atoms with Gasteiger partial charge in [0.05, 0.1) is 17.4 Å². The summed E-state index contributed by atoms with van der Waals surface area (Å²) in [7, 11) is 0. The van der Waals surface area contributed by atoms with Gasteiger partial charge in [0.15, 0.2) is 6.29 Å². The number of aldehydes is 1. The van der Waals surface area contributed by atoms with Gasteiger partial charge in [-0.25, -0.2) is 4.98 Å². The van der Waals surface area contributed by atoms with Gasteiger partial charge in [-0.05, 0) is 19.1 Å². The Kier molecular flexibility index (Phi) is 4.83. The first-order valence-corrected chi connectivity index (χ1v) is 5.44. The van der Waals surface area contributed by atoms with Crippen molar-refractivity contribution >= 4 is 24.0 Å². The van der Waals surface area contributed by atoms with Crippen molar-refractivity contribution in [1.82, 2.24) is 4.98 Å². The van der Waals surface area contributed by atoms with Gasteiger partial charge in [0.2, 0.25) is 0 Å². The number of hydrogen-bond acceptors (Lipinski definition) is 5. The molecular formula is C10H11NO3S. The van der Waals surface area contributed by atoms with Crippen LogP contribution in [-0.4, -0.2) is 29.6 Å². The van der Waals surface area contributed by atoms with Crippen LogP contribution in [0.1, 0.15) is 17.3 Å². The zero-order valence-corrected chi connectivity index (χ0v) is 9.12. The Hall–Kier alpha value is -1.36. The van der Waals surface area contributed by atoms with Gasteiger partial charge in [0.1, 0.15) is 0 Å². The lowest BCUT2D eigenvalue weighted by molar-refractivity contribution is -0.139. The Labute approximate surface area is 92.0 Å². The van der Waals surface area contributed by atoms with Gasteiger partial charge >= 0.3 is 5.97 Å². The Morgan fingerprint density at radius 3 is 2.93 bits per heavy atom. The average Bonchev–Trinajstić information content (AvgIpc) is 2.27. The van der Waals surface area contributed by atoms with Gasteiger partial charge < -0.3 is 4.74 Å². The predicted molar refractivity (Wildman–Crippen MR) is 57.0 cm³/mol. The second-order valence-electron chi connectivity index (χ2n) is 2.64. The highest BCUT2D eigenvalue weighted by atomic mass is 32.2. The summed E-state index contributed by atoms with van der Waals surface area (Å²) in [5, 5.41) is 0.702. The number of carbonyl (C=O) groups is 2. The first-order valence-electron chi connectivity index (χ1n) is 4.46. The van der Waals surface area contributed by atoms with Crippen LogP contribution in [0.5, 0.6) is 0 Å². The fraction of sp³-hybridized carbons (Fsp3) is 0.300. The fourth-order valence-electron chi connectivity index (χ4n) is 0.882. The van der Waals surface area contributed by atoms with E-state index in [1.807, 2.05) is 0 Å². The van der Waals surface area contributed by atoms with Crippen LogP contribution >= 0.6 is 11.8 Å². The number of ether oxygens (including phenoxy) is 1. The van der Waals surface area contributed by atoms with Crippen LogP contribution in [0.4, 0.5) is 0 Å². The fourth-order valence-corrected chi connectivity index (χ4v) is 1.52. The van der Waals surface area contributed by atoms with Crippen LogP contribution < -0.4 is 0 Å². The number of carbonyl (C=O) groups excluding carboxylic acids is 2. The van der Waals surface area contributed by atoms with Gasteiger partial charge in [-0.15, -0.1) is 0 Å². The summed E-state index contributed by atoms with van der Waals surface area (Å²) in [6.07, 6.45) is 2.20. The molecule has 0 N–H and O–H groups in total. The highest BCUT2D eigenvalue weighted by molar-refractivity contribution is 7.99. The molecule has 0 unspecified atom stereocenters. The van der Waals surface area contributed by atoms with E-state index < -0.39 is 0 Å². The summed E-state index contributed by atoms with van der Waals surface area (Å²) in [5.41, 5.74) is 0.524. The monoisotopic (exact) mass is 225 g/mol. The smallest absolute Gasteiger partial charge is 0.316 e. The predicted octanol–water partition coefficient (Wildman–Crippen LogP) is 1.55. The number of aromatic nitrogens is 1. The van der Waals surface area contributed by atoms with Crippen LogP contribution in [0.15, 0.2) is 23.4 Å². The third kappa shape index (κ3) is 4.12. The molecule has 0 aliphatic heterocycles. The number of thioether (sulfide) groups is 1. The second-order valence-corrected chi connectivity index (χ2v) is 3.64. The van der Waals surface area contributed by atoms with Gasteiger partial charge in [-0.3, -0.25) is 9.59 Å². The van der Waals surface area contributed by atoms with Crippen molar-refractivity contribution in [1.29, 1.82) is 0 Å². The summed E-state index contributed by atoms with van der Waals surface area (Å²) in [6.45, 7) is 2.15. The van der Waals surface area contributed by atoms with Gasteiger partial charge in [0.25, 0.3) is 0 Å². The molecule has 1 aromatic heterocycles. The molecule has 0 aromatic carbocycles. The number of esters is 1. The number of pyridine rings is 1. The maximum Gasteiger partial charge on any atom is 0.316 e. The Balaban J connectivity index is 2.44. The van der Waals surface area contributed by atoms with E-state index in [1.165, 1.54) is 18.0 Å². The number of nitrogens with zero attached hydrogens (tertiary/aromatic N) is 1. The molecule has 0 atom stereocenters. The van der Waals surface area contributed by atoms with Gasteiger partial charge in [-0.2, -0.15) is 0 Å². The Bertz CT molecular complexity index is 337. The van der Waals surface area contributed by atoms with Crippen molar-refractivity contribution in [2.75, 3.05) is 12.4 Å². The average molecular weight is 225 g/mol. The molecule has 0 fully saturated rings. The van der Waals surface area contributed by atoms with Crippen molar-refractivity contribution in [3.8, 4) is 0 Å². The molecule has 0 saturated heterocycles. The van der Waals surface area contributed by atoms with Crippen LogP contribution in [-0.2, 0) is 9.53 Å². The molecule has 0 radical (unpaired) electrons. The van der Waals surface area contributed by atoms with Crippen molar-refractivity contribution in [2.24, 2.45) is 0 Å². The van der Waals surface area contributed by atoms with E-state index in [2.05, 4.69) is 4.98 Å². The van der Waals surface area contributed by atoms with E-state index in [0.717, 1.165) is 6.29 Å². The summed E-state index contributed by atoms with van der Waals surface area (Å²) in [6, 6.07) is 3.36. The zero-order valence-electron chi connectivity index (χ0n) is 8.30. The molecule has 80 valence electrons. The highest BCUT2D eigenvalue weighted by Gasteiger charge is 2.03. The van der Waals surface area contributed by atoms with Gasteiger partial charge in [-0.1, -0.05) is 11.8 Å². The van der Waals surface area contributed by atoms with Crippen LogP contribution in [0.3, 0.4) is 0 Å². The second kappa shape index (κ2) is 6.19. The quantitative estimate of drug-likeness (QED) is 0.432. The lowest BCUT2D eigenvalue weighted by Crippen LogP contribution is -2.06. The summed E-state index contributed by atoms with van der Waals surface area (Å²) in [5.74, 6) is -0.0230. The molecular weight excluding hydrogens is 214 g/mol. The normalized spacial score (nSPS) is 9.67. The third-order valence-electron chi connectivity index (χ3n) is 1.54. The number of hydrogen-bond donors (Lipinski definition) is 0.